The van der Waals surface area contributed by atoms with E-state index in [1.807, 2.05) is 13.8 Å². The molecule has 0 atom stereocenters. The van der Waals surface area contributed by atoms with Gasteiger partial charge in [-0.3, -0.25) is 0 Å². The topological polar surface area (TPSA) is 18.5 Å². The van der Waals surface area contributed by atoms with E-state index in [1.165, 1.54) is 0 Å². The third-order valence-corrected chi connectivity index (χ3v) is 2.41. The van der Waals surface area contributed by atoms with E-state index in [9.17, 15) is 0 Å². The molecular weight excluding hydrogens is 212 g/mol. The van der Waals surface area contributed by atoms with Gasteiger partial charge in [0.1, 0.15) is 8.14 Å². The van der Waals surface area contributed by atoms with E-state index >= 15 is 0 Å². The first-order valence-electron chi connectivity index (χ1n) is 3.41. The minimum Gasteiger partial charge on any atom is -0.353 e. The van der Waals surface area contributed by atoms with Crippen LogP contribution in [0.1, 0.15) is 13.8 Å². The maximum Gasteiger partial charge on any atom is 0.155 e. The lowest BCUT2D eigenvalue weighted by atomic mass is 10.7. The summed E-state index contributed by atoms with van der Waals surface area (Å²) in [5.41, 5.74) is 0. The molecule has 0 amide bonds. The van der Waals surface area contributed by atoms with Crippen LogP contribution < -0.4 is 0 Å². The molecule has 0 aromatic rings. The van der Waals surface area contributed by atoms with Crippen molar-refractivity contribution >= 4 is 23.4 Å². The van der Waals surface area contributed by atoms with Crippen molar-refractivity contribution in [3.8, 4) is 0 Å². The molecule has 0 saturated heterocycles. The van der Waals surface area contributed by atoms with Gasteiger partial charge in [0.05, 0.1) is 0 Å². The Hall–Kier alpha value is 0.617. The van der Waals surface area contributed by atoms with Crippen LogP contribution in [0.2, 0.25) is 6.04 Å². The standard InChI is InChI=1S/C6H13BrO2Si/c1-3-8-6(5-10-7)9-4-2/h6H,3-5H2,1-2H3. The zero-order valence-corrected chi connectivity index (χ0v) is 8.98. The molecule has 2 nitrogen and oxygen atoms in total. The fourth-order valence-corrected chi connectivity index (χ4v) is 1.76. The highest BCUT2D eigenvalue weighted by molar-refractivity contribution is 9.23. The minimum atomic E-state index is -0.00675. The molecule has 0 aliphatic carbocycles. The van der Waals surface area contributed by atoms with Gasteiger partial charge in [0.25, 0.3) is 0 Å². The van der Waals surface area contributed by atoms with Crippen LogP contribution in [-0.4, -0.2) is 27.6 Å². The minimum absolute atomic E-state index is 0.00675. The van der Waals surface area contributed by atoms with Crippen molar-refractivity contribution in [3.05, 3.63) is 0 Å². The van der Waals surface area contributed by atoms with Gasteiger partial charge < -0.3 is 9.47 Å². The molecule has 0 aliphatic heterocycles. The van der Waals surface area contributed by atoms with Crippen molar-refractivity contribution in [1.82, 2.24) is 0 Å². The monoisotopic (exact) mass is 224 g/mol. The van der Waals surface area contributed by atoms with Crippen LogP contribution >= 0.6 is 15.3 Å². The third kappa shape index (κ3) is 5.41. The fraction of sp³-hybridized carbons (Fsp3) is 1.00. The Labute approximate surface area is 72.7 Å². The Morgan fingerprint density at radius 1 is 1.30 bits per heavy atom. The molecule has 0 N–H and O–H groups in total. The number of hydrogen-bond donors (Lipinski definition) is 0. The predicted octanol–water partition coefficient (Wildman–Crippen LogP) is 1.82. The number of ether oxygens (including phenoxy) is 2. The van der Waals surface area contributed by atoms with E-state index in [2.05, 4.69) is 15.3 Å². The summed E-state index contributed by atoms with van der Waals surface area (Å²) in [6.07, 6.45) is -0.00675. The van der Waals surface area contributed by atoms with Crippen LogP contribution in [-0.2, 0) is 9.47 Å². The van der Waals surface area contributed by atoms with Crippen LogP contribution in [0.3, 0.4) is 0 Å². The zero-order valence-electron chi connectivity index (χ0n) is 6.39. The van der Waals surface area contributed by atoms with Crippen molar-refractivity contribution in [2.45, 2.75) is 26.2 Å². The maximum atomic E-state index is 5.28. The second-order valence-corrected chi connectivity index (χ2v) is 4.04. The predicted molar refractivity (Wildman–Crippen MR) is 46.5 cm³/mol. The fourth-order valence-electron chi connectivity index (χ4n) is 0.601. The second-order valence-electron chi connectivity index (χ2n) is 1.68. The molecule has 10 heavy (non-hydrogen) atoms. The molecule has 0 aromatic carbocycles. The summed E-state index contributed by atoms with van der Waals surface area (Å²) < 4.78 is 10.6. The molecule has 0 spiro atoms. The van der Waals surface area contributed by atoms with Crippen molar-refractivity contribution in [2.75, 3.05) is 13.2 Å². The number of hydrogen-bond acceptors (Lipinski definition) is 2. The van der Waals surface area contributed by atoms with Gasteiger partial charge in [-0.15, -0.1) is 15.3 Å². The second kappa shape index (κ2) is 7.72. The van der Waals surface area contributed by atoms with Gasteiger partial charge in [0, 0.05) is 19.3 Å². The van der Waals surface area contributed by atoms with Crippen molar-refractivity contribution in [2.24, 2.45) is 0 Å². The molecule has 0 fully saturated rings. The van der Waals surface area contributed by atoms with Gasteiger partial charge in [-0.05, 0) is 13.8 Å². The van der Waals surface area contributed by atoms with E-state index < -0.39 is 0 Å². The summed E-state index contributed by atoms with van der Waals surface area (Å²) in [4.78, 5) is 0. The van der Waals surface area contributed by atoms with Crippen molar-refractivity contribution in [3.63, 3.8) is 0 Å². The first kappa shape index (κ1) is 10.6. The molecule has 0 heterocycles. The van der Waals surface area contributed by atoms with Crippen molar-refractivity contribution < 1.29 is 9.47 Å². The smallest absolute Gasteiger partial charge is 0.155 e. The van der Waals surface area contributed by atoms with Gasteiger partial charge in [0.15, 0.2) is 6.29 Å². The maximum absolute atomic E-state index is 5.28. The van der Waals surface area contributed by atoms with Crippen LogP contribution in [0.5, 0.6) is 0 Å². The van der Waals surface area contributed by atoms with Crippen LogP contribution in [0.15, 0.2) is 0 Å². The van der Waals surface area contributed by atoms with Gasteiger partial charge in [0.2, 0.25) is 0 Å². The molecule has 0 bridgehead atoms. The van der Waals surface area contributed by atoms with Gasteiger partial charge >= 0.3 is 0 Å². The van der Waals surface area contributed by atoms with E-state index in [0.717, 1.165) is 27.4 Å². The molecule has 0 aromatic heterocycles. The molecule has 4 heteroatoms. The molecule has 60 valence electrons. The lowest BCUT2D eigenvalue weighted by Crippen LogP contribution is -2.17. The quantitative estimate of drug-likeness (QED) is 0.390. The van der Waals surface area contributed by atoms with Gasteiger partial charge in [-0.25, -0.2) is 0 Å². The molecule has 0 saturated carbocycles. The molecule has 0 unspecified atom stereocenters. The summed E-state index contributed by atoms with van der Waals surface area (Å²) >= 11 is 3.36. The van der Waals surface area contributed by atoms with Gasteiger partial charge in [-0.1, -0.05) is 0 Å². The highest BCUT2D eigenvalue weighted by Gasteiger charge is 2.05. The molecule has 0 rings (SSSR count). The SMILES string of the molecule is CCOC(C[Si]Br)OCC. The lowest BCUT2D eigenvalue weighted by Gasteiger charge is -2.14. The van der Waals surface area contributed by atoms with E-state index in [4.69, 9.17) is 9.47 Å². The van der Waals surface area contributed by atoms with E-state index in [0.29, 0.717) is 0 Å². The van der Waals surface area contributed by atoms with Crippen LogP contribution in [0.25, 0.3) is 0 Å². The number of halogens is 1. The first-order valence-corrected chi connectivity index (χ1v) is 6.88. The van der Waals surface area contributed by atoms with Crippen LogP contribution in [0, 0.1) is 0 Å². The summed E-state index contributed by atoms with van der Waals surface area (Å²) in [5, 5.41) is 0. The average molecular weight is 225 g/mol. The zero-order chi connectivity index (χ0) is 7.82. The molecule has 0 aliphatic rings. The number of rotatable bonds is 6. The molecular formula is C6H13BrO2Si. The molecule has 2 radical (unpaired) electrons. The largest absolute Gasteiger partial charge is 0.353 e. The van der Waals surface area contributed by atoms with E-state index in [1.54, 1.807) is 0 Å². The summed E-state index contributed by atoms with van der Waals surface area (Å²) in [7, 11) is 0.720. The lowest BCUT2D eigenvalue weighted by molar-refractivity contribution is -0.122. The Balaban J connectivity index is 3.30. The van der Waals surface area contributed by atoms with Crippen LogP contribution in [0.4, 0.5) is 0 Å². The summed E-state index contributed by atoms with van der Waals surface area (Å²) in [5.74, 6) is 0. The van der Waals surface area contributed by atoms with Crippen molar-refractivity contribution in [1.29, 1.82) is 0 Å². The van der Waals surface area contributed by atoms with Gasteiger partial charge in [-0.2, -0.15) is 0 Å². The first-order chi connectivity index (χ1) is 4.85. The summed E-state index contributed by atoms with van der Waals surface area (Å²) in [6.45, 7) is 5.40. The Morgan fingerprint density at radius 2 is 1.80 bits per heavy atom. The summed E-state index contributed by atoms with van der Waals surface area (Å²) in [6, 6.07) is 0.946. The highest BCUT2D eigenvalue weighted by atomic mass is 79.9. The Kier molecular flexibility index (Phi) is 8.20. The van der Waals surface area contributed by atoms with E-state index in [-0.39, 0.29) is 6.29 Å². The Bertz CT molecular complexity index is 58.5. The average Bonchev–Trinajstić information content (AvgIpc) is 1.90. The highest BCUT2D eigenvalue weighted by Crippen LogP contribution is 2.02. The Morgan fingerprint density at radius 3 is 2.10 bits per heavy atom. The normalized spacial score (nSPS) is 10.8. The third-order valence-electron chi connectivity index (χ3n) is 0.949.